The van der Waals surface area contributed by atoms with Gasteiger partial charge in [0.1, 0.15) is 11.5 Å². The number of methoxy groups -OCH3 is 2. The van der Waals surface area contributed by atoms with Crippen LogP contribution in [-0.2, 0) is 6.42 Å². The molecule has 0 radical (unpaired) electrons. The van der Waals surface area contributed by atoms with Crippen LogP contribution in [0.3, 0.4) is 0 Å². The number of hydrogen-bond donors (Lipinski definition) is 0. The van der Waals surface area contributed by atoms with Gasteiger partial charge in [0.05, 0.1) is 14.2 Å². The summed E-state index contributed by atoms with van der Waals surface area (Å²) in [7, 11) is 3.47. The molecule has 0 aliphatic rings. The van der Waals surface area contributed by atoms with E-state index in [2.05, 4.69) is 55.5 Å². The van der Waals surface area contributed by atoms with Crippen molar-refractivity contribution in [1.82, 2.24) is 0 Å². The lowest BCUT2D eigenvalue weighted by atomic mass is 9.85. The first-order chi connectivity index (χ1) is 12.7. The van der Waals surface area contributed by atoms with E-state index in [1.807, 2.05) is 24.3 Å². The van der Waals surface area contributed by atoms with Crippen molar-refractivity contribution < 1.29 is 9.47 Å². The lowest BCUT2D eigenvalue weighted by molar-refractivity contribution is 0.398. The Morgan fingerprint density at radius 1 is 0.692 bits per heavy atom. The Bertz CT molecular complexity index is 789. The highest BCUT2D eigenvalue weighted by molar-refractivity contribution is 5.47. The summed E-state index contributed by atoms with van der Waals surface area (Å²) in [6, 6.07) is 25.4. The molecule has 3 rings (SSSR count). The Labute approximate surface area is 156 Å². The van der Waals surface area contributed by atoms with Crippen LogP contribution in [0.4, 0.5) is 0 Å². The Balaban J connectivity index is 1.97. The zero-order chi connectivity index (χ0) is 18.4. The molecule has 0 aliphatic heterocycles. The van der Waals surface area contributed by atoms with Crippen molar-refractivity contribution >= 4 is 0 Å². The van der Waals surface area contributed by atoms with Crippen molar-refractivity contribution in [1.29, 1.82) is 0 Å². The van der Waals surface area contributed by atoms with Gasteiger partial charge >= 0.3 is 0 Å². The zero-order valence-electron chi connectivity index (χ0n) is 15.7. The molecular formula is C24H26O2. The summed E-state index contributed by atoms with van der Waals surface area (Å²) in [6.45, 7) is 2.12. The Morgan fingerprint density at radius 3 is 1.69 bits per heavy atom. The van der Waals surface area contributed by atoms with Gasteiger partial charge in [-0.05, 0) is 37.5 Å². The number of aryl methyl sites for hydroxylation is 2. The molecule has 0 N–H and O–H groups in total. The van der Waals surface area contributed by atoms with Crippen molar-refractivity contribution in [3.8, 4) is 11.5 Å². The fraction of sp³-hybridized carbons (Fsp3) is 0.250. The summed E-state index contributed by atoms with van der Waals surface area (Å²) < 4.78 is 11.3. The minimum absolute atomic E-state index is 0.212. The summed E-state index contributed by atoms with van der Waals surface area (Å²) in [4.78, 5) is 0. The summed E-state index contributed by atoms with van der Waals surface area (Å²) >= 11 is 0. The predicted octanol–water partition coefficient (Wildman–Crippen LogP) is 5.78. The van der Waals surface area contributed by atoms with Crippen LogP contribution in [0.15, 0.2) is 72.8 Å². The molecule has 0 aliphatic carbocycles. The van der Waals surface area contributed by atoms with Crippen LogP contribution in [0.2, 0.25) is 0 Å². The van der Waals surface area contributed by atoms with E-state index in [1.54, 1.807) is 14.2 Å². The van der Waals surface area contributed by atoms with Crippen LogP contribution < -0.4 is 9.47 Å². The van der Waals surface area contributed by atoms with Gasteiger partial charge < -0.3 is 9.47 Å². The minimum Gasteiger partial charge on any atom is -0.496 e. The quantitative estimate of drug-likeness (QED) is 0.540. The first-order valence-electron chi connectivity index (χ1n) is 9.04. The van der Waals surface area contributed by atoms with Gasteiger partial charge in [0, 0.05) is 17.0 Å². The van der Waals surface area contributed by atoms with Gasteiger partial charge in [-0.3, -0.25) is 0 Å². The zero-order valence-corrected chi connectivity index (χ0v) is 15.7. The largest absolute Gasteiger partial charge is 0.496 e. The molecule has 0 amide bonds. The second-order valence-electron chi connectivity index (χ2n) is 6.56. The van der Waals surface area contributed by atoms with Crippen molar-refractivity contribution in [2.24, 2.45) is 0 Å². The second-order valence-corrected chi connectivity index (χ2v) is 6.56. The topological polar surface area (TPSA) is 18.5 Å². The SMILES string of the molecule is COc1ccccc1C(CCc1ccc(C)cc1)c1ccccc1OC. The smallest absolute Gasteiger partial charge is 0.122 e. The van der Waals surface area contributed by atoms with E-state index >= 15 is 0 Å². The molecular weight excluding hydrogens is 320 g/mol. The van der Waals surface area contributed by atoms with Crippen LogP contribution >= 0.6 is 0 Å². The molecule has 0 spiro atoms. The monoisotopic (exact) mass is 346 g/mol. The van der Waals surface area contributed by atoms with Crippen molar-refractivity contribution in [3.05, 3.63) is 95.1 Å². The third-order valence-corrected chi connectivity index (χ3v) is 4.87. The molecule has 0 saturated carbocycles. The van der Waals surface area contributed by atoms with Crippen LogP contribution in [0.1, 0.15) is 34.6 Å². The Morgan fingerprint density at radius 2 is 1.19 bits per heavy atom. The van der Waals surface area contributed by atoms with Gasteiger partial charge in [0.2, 0.25) is 0 Å². The molecule has 134 valence electrons. The van der Waals surface area contributed by atoms with Gasteiger partial charge in [0.25, 0.3) is 0 Å². The van der Waals surface area contributed by atoms with E-state index in [0.29, 0.717) is 0 Å². The number of para-hydroxylation sites is 2. The molecule has 0 aromatic heterocycles. The van der Waals surface area contributed by atoms with Crippen LogP contribution in [-0.4, -0.2) is 14.2 Å². The molecule has 0 fully saturated rings. The van der Waals surface area contributed by atoms with Crippen molar-refractivity contribution in [2.45, 2.75) is 25.7 Å². The third-order valence-electron chi connectivity index (χ3n) is 4.87. The average molecular weight is 346 g/mol. The van der Waals surface area contributed by atoms with E-state index in [9.17, 15) is 0 Å². The van der Waals surface area contributed by atoms with Gasteiger partial charge in [0.15, 0.2) is 0 Å². The normalized spacial score (nSPS) is 10.8. The average Bonchev–Trinajstić information content (AvgIpc) is 2.70. The fourth-order valence-electron chi connectivity index (χ4n) is 3.45. The molecule has 2 heteroatoms. The fourth-order valence-corrected chi connectivity index (χ4v) is 3.45. The van der Waals surface area contributed by atoms with Gasteiger partial charge in [-0.25, -0.2) is 0 Å². The van der Waals surface area contributed by atoms with Crippen molar-refractivity contribution in [3.63, 3.8) is 0 Å². The van der Waals surface area contributed by atoms with E-state index in [4.69, 9.17) is 9.47 Å². The highest BCUT2D eigenvalue weighted by Gasteiger charge is 2.21. The van der Waals surface area contributed by atoms with E-state index in [0.717, 1.165) is 24.3 Å². The highest BCUT2D eigenvalue weighted by atomic mass is 16.5. The molecule has 26 heavy (non-hydrogen) atoms. The van der Waals surface area contributed by atoms with Crippen molar-refractivity contribution in [2.75, 3.05) is 14.2 Å². The van der Waals surface area contributed by atoms with E-state index in [-0.39, 0.29) is 5.92 Å². The standard InChI is InChI=1S/C24H26O2/c1-18-12-14-19(15-13-18)16-17-20(21-8-4-6-10-23(21)25-2)22-9-5-7-11-24(22)26-3/h4-15,20H,16-17H2,1-3H3. The third kappa shape index (κ3) is 4.08. The summed E-state index contributed by atoms with van der Waals surface area (Å²) in [5.41, 5.74) is 5.04. The minimum atomic E-state index is 0.212. The second kappa shape index (κ2) is 8.57. The number of ether oxygens (including phenoxy) is 2. The first kappa shape index (κ1) is 18.1. The number of rotatable bonds is 7. The summed E-state index contributed by atoms with van der Waals surface area (Å²) in [5, 5.41) is 0. The van der Waals surface area contributed by atoms with Crippen LogP contribution in [0, 0.1) is 6.92 Å². The molecule has 0 saturated heterocycles. The van der Waals surface area contributed by atoms with Gasteiger partial charge in [-0.1, -0.05) is 66.2 Å². The van der Waals surface area contributed by atoms with Gasteiger partial charge in [-0.2, -0.15) is 0 Å². The van der Waals surface area contributed by atoms with E-state index in [1.165, 1.54) is 22.3 Å². The lowest BCUT2D eigenvalue weighted by Gasteiger charge is -2.22. The maximum absolute atomic E-state index is 5.65. The first-order valence-corrected chi connectivity index (χ1v) is 9.04. The maximum Gasteiger partial charge on any atom is 0.122 e. The van der Waals surface area contributed by atoms with Crippen LogP contribution in [0.25, 0.3) is 0 Å². The predicted molar refractivity (Wildman–Crippen MR) is 107 cm³/mol. The molecule has 0 atom stereocenters. The Hall–Kier alpha value is -2.74. The van der Waals surface area contributed by atoms with Crippen LogP contribution in [0.5, 0.6) is 11.5 Å². The van der Waals surface area contributed by atoms with Gasteiger partial charge in [-0.15, -0.1) is 0 Å². The highest BCUT2D eigenvalue weighted by Crippen LogP contribution is 2.39. The molecule has 3 aromatic carbocycles. The molecule has 0 unspecified atom stereocenters. The molecule has 0 bridgehead atoms. The lowest BCUT2D eigenvalue weighted by Crippen LogP contribution is -2.07. The summed E-state index contributed by atoms with van der Waals surface area (Å²) in [5.74, 6) is 2.06. The van der Waals surface area contributed by atoms with E-state index < -0.39 is 0 Å². The Kier molecular flexibility index (Phi) is 5.96. The number of benzene rings is 3. The molecule has 2 nitrogen and oxygen atoms in total. The molecule has 3 aromatic rings. The summed E-state index contributed by atoms with van der Waals surface area (Å²) in [6.07, 6.45) is 1.99. The number of hydrogen-bond acceptors (Lipinski definition) is 2. The molecule has 0 heterocycles. The maximum atomic E-state index is 5.65.